The highest BCUT2D eigenvalue weighted by atomic mass is 16.6. The van der Waals surface area contributed by atoms with Crippen LogP contribution in [0.4, 0.5) is 0 Å². The minimum absolute atomic E-state index is 0.0630. The van der Waals surface area contributed by atoms with Crippen molar-refractivity contribution in [1.82, 2.24) is 0 Å². The van der Waals surface area contributed by atoms with Gasteiger partial charge in [0.2, 0.25) is 0 Å². The molecule has 0 spiro atoms. The third-order valence-corrected chi connectivity index (χ3v) is 10.4. The second kappa shape index (κ2) is 42.2. The van der Waals surface area contributed by atoms with Crippen molar-refractivity contribution in [2.75, 3.05) is 13.2 Å². The molecule has 0 aliphatic heterocycles. The summed E-state index contributed by atoms with van der Waals surface area (Å²) in [5.41, 5.74) is 0. The summed E-state index contributed by atoms with van der Waals surface area (Å²) >= 11 is 0. The summed E-state index contributed by atoms with van der Waals surface area (Å²) < 4.78 is 16.7. The summed E-state index contributed by atoms with van der Waals surface area (Å²) in [6.45, 7) is 6.61. The Labute approximate surface area is 323 Å². The van der Waals surface area contributed by atoms with Gasteiger partial charge in [-0.1, -0.05) is 220 Å². The smallest absolute Gasteiger partial charge is 0.306 e. The van der Waals surface area contributed by atoms with Gasteiger partial charge in [-0.2, -0.15) is 0 Å². The summed E-state index contributed by atoms with van der Waals surface area (Å²) in [6.07, 6.45) is 42.3. The molecule has 0 aromatic heterocycles. The van der Waals surface area contributed by atoms with Crippen LogP contribution in [0.1, 0.15) is 258 Å². The number of carbonyl (C=O) groups is 3. The van der Waals surface area contributed by atoms with Crippen molar-refractivity contribution >= 4 is 17.9 Å². The quantitative estimate of drug-likeness (QED) is 0.0353. The molecule has 0 saturated heterocycles. The second-order valence-electron chi connectivity index (χ2n) is 15.7. The van der Waals surface area contributed by atoms with Crippen molar-refractivity contribution in [3.05, 3.63) is 0 Å². The molecular weight excluding hydrogens is 648 g/mol. The zero-order chi connectivity index (χ0) is 38.0. The van der Waals surface area contributed by atoms with Crippen LogP contribution in [-0.2, 0) is 28.6 Å². The fraction of sp³-hybridized carbons (Fsp3) is 0.935. The van der Waals surface area contributed by atoms with Crippen LogP contribution in [0.5, 0.6) is 0 Å². The maximum atomic E-state index is 12.7. The van der Waals surface area contributed by atoms with Crippen LogP contribution in [-0.4, -0.2) is 37.2 Å². The summed E-state index contributed by atoms with van der Waals surface area (Å²) in [4.78, 5) is 37.6. The standard InChI is InChI=1S/C46H88O6/c1-4-7-10-13-16-18-20-22-23-24-26-27-30-33-36-39-45(48)51-42-43(41-50-44(47)38-35-32-29-15-12-9-6-3)52-46(49)40-37-34-31-28-25-21-19-17-14-11-8-5-2/h43H,4-42H2,1-3H3/t43-/m1/s1. The van der Waals surface area contributed by atoms with E-state index in [1.165, 1.54) is 161 Å². The average molecular weight is 737 g/mol. The maximum absolute atomic E-state index is 12.7. The topological polar surface area (TPSA) is 78.9 Å². The maximum Gasteiger partial charge on any atom is 0.306 e. The van der Waals surface area contributed by atoms with Gasteiger partial charge in [-0.15, -0.1) is 0 Å². The molecule has 0 fully saturated rings. The number of carbonyl (C=O) groups excluding carboxylic acids is 3. The van der Waals surface area contributed by atoms with Crippen molar-refractivity contribution in [2.24, 2.45) is 0 Å². The molecule has 0 bridgehead atoms. The van der Waals surface area contributed by atoms with Gasteiger partial charge < -0.3 is 14.2 Å². The summed E-state index contributed by atoms with van der Waals surface area (Å²) in [6, 6.07) is 0. The largest absolute Gasteiger partial charge is 0.462 e. The number of rotatable bonds is 42. The Balaban J connectivity index is 4.24. The Morgan fingerprint density at radius 1 is 0.308 bits per heavy atom. The van der Waals surface area contributed by atoms with Crippen LogP contribution < -0.4 is 0 Å². The number of unbranched alkanes of at least 4 members (excludes halogenated alkanes) is 31. The predicted molar refractivity (Wildman–Crippen MR) is 220 cm³/mol. The highest BCUT2D eigenvalue weighted by molar-refractivity contribution is 5.71. The van der Waals surface area contributed by atoms with Crippen LogP contribution in [0.15, 0.2) is 0 Å². The van der Waals surface area contributed by atoms with E-state index >= 15 is 0 Å². The van der Waals surface area contributed by atoms with Crippen molar-refractivity contribution in [3.8, 4) is 0 Å². The van der Waals surface area contributed by atoms with Gasteiger partial charge >= 0.3 is 17.9 Å². The molecule has 6 heteroatoms. The molecule has 0 N–H and O–H groups in total. The van der Waals surface area contributed by atoms with Gasteiger partial charge in [-0.3, -0.25) is 14.4 Å². The molecule has 0 aliphatic carbocycles. The Morgan fingerprint density at radius 2 is 0.519 bits per heavy atom. The molecule has 1 atom stereocenters. The molecular formula is C46H88O6. The van der Waals surface area contributed by atoms with E-state index in [-0.39, 0.29) is 31.1 Å². The van der Waals surface area contributed by atoms with E-state index < -0.39 is 6.10 Å². The molecule has 0 radical (unpaired) electrons. The molecule has 0 rings (SSSR count). The van der Waals surface area contributed by atoms with E-state index in [9.17, 15) is 14.4 Å². The Hall–Kier alpha value is -1.59. The molecule has 0 aromatic rings. The highest BCUT2D eigenvalue weighted by Gasteiger charge is 2.19. The fourth-order valence-corrected chi connectivity index (χ4v) is 6.85. The predicted octanol–water partition coefficient (Wildman–Crippen LogP) is 14.5. The number of ether oxygens (including phenoxy) is 3. The van der Waals surface area contributed by atoms with Gasteiger partial charge in [0, 0.05) is 19.3 Å². The first kappa shape index (κ1) is 50.4. The van der Waals surface area contributed by atoms with Crippen LogP contribution in [0, 0.1) is 0 Å². The lowest BCUT2D eigenvalue weighted by atomic mass is 10.0. The van der Waals surface area contributed by atoms with Crippen LogP contribution >= 0.6 is 0 Å². The van der Waals surface area contributed by atoms with E-state index in [0.29, 0.717) is 19.3 Å². The third kappa shape index (κ3) is 39.6. The Bertz CT molecular complexity index is 768. The Kier molecular flexibility index (Phi) is 40.9. The minimum atomic E-state index is -0.757. The molecule has 6 nitrogen and oxygen atoms in total. The average Bonchev–Trinajstić information content (AvgIpc) is 3.14. The van der Waals surface area contributed by atoms with Gasteiger partial charge in [0.15, 0.2) is 6.10 Å². The van der Waals surface area contributed by atoms with E-state index in [4.69, 9.17) is 14.2 Å². The van der Waals surface area contributed by atoms with Gasteiger partial charge in [0.1, 0.15) is 13.2 Å². The van der Waals surface area contributed by atoms with E-state index in [0.717, 1.165) is 57.8 Å². The van der Waals surface area contributed by atoms with E-state index in [1.807, 2.05) is 0 Å². The first-order chi connectivity index (χ1) is 25.5. The number of hydrogen-bond donors (Lipinski definition) is 0. The summed E-state index contributed by atoms with van der Waals surface area (Å²) in [5.74, 6) is -0.857. The van der Waals surface area contributed by atoms with E-state index in [1.54, 1.807) is 0 Å². The molecule has 0 unspecified atom stereocenters. The van der Waals surface area contributed by atoms with Crippen molar-refractivity contribution in [3.63, 3.8) is 0 Å². The first-order valence-corrected chi connectivity index (χ1v) is 23.0. The molecule has 0 aliphatic rings. The zero-order valence-corrected chi connectivity index (χ0v) is 35.1. The fourth-order valence-electron chi connectivity index (χ4n) is 6.85. The molecule has 52 heavy (non-hydrogen) atoms. The molecule has 0 saturated carbocycles. The van der Waals surface area contributed by atoms with Crippen molar-refractivity contribution in [2.45, 2.75) is 264 Å². The van der Waals surface area contributed by atoms with Gasteiger partial charge in [-0.25, -0.2) is 0 Å². The zero-order valence-electron chi connectivity index (χ0n) is 35.1. The van der Waals surface area contributed by atoms with Crippen LogP contribution in [0.2, 0.25) is 0 Å². The highest BCUT2D eigenvalue weighted by Crippen LogP contribution is 2.16. The monoisotopic (exact) mass is 737 g/mol. The number of esters is 3. The van der Waals surface area contributed by atoms with Crippen LogP contribution in [0.3, 0.4) is 0 Å². The lowest BCUT2D eigenvalue weighted by molar-refractivity contribution is -0.167. The summed E-state index contributed by atoms with van der Waals surface area (Å²) in [7, 11) is 0. The third-order valence-electron chi connectivity index (χ3n) is 10.4. The molecule has 0 amide bonds. The van der Waals surface area contributed by atoms with E-state index in [2.05, 4.69) is 20.8 Å². The number of hydrogen-bond acceptors (Lipinski definition) is 6. The van der Waals surface area contributed by atoms with Gasteiger partial charge in [0.25, 0.3) is 0 Å². The van der Waals surface area contributed by atoms with Gasteiger partial charge in [-0.05, 0) is 19.3 Å². The SMILES string of the molecule is CCCCCCCCCCCCCCCCCC(=O)OC[C@@H](COC(=O)CCCCCCCCC)OC(=O)CCCCCCCCCCCCCC. The minimum Gasteiger partial charge on any atom is -0.462 e. The lowest BCUT2D eigenvalue weighted by Gasteiger charge is -2.18. The van der Waals surface area contributed by atoms with Crippen LogP contribution in [0.25, 0.3) is 0 Å². The van der Waals surface area contributed by atoms with Crippen molar-refractivity contribution in [1.29, 1.82) is 0 Å². The second-order valence-corrected chi connectivity index (χ2v) is 15.7. The Morgan fingerprint density at radius 3 is 0.769 bits per heavy atom. The molecule has 0 heterocycles. The molecule has 0 aromatic carbocycles. The van der Waals surface area contributed by atoms with Crippen molar-refractivity contribution < 1.29 is 28.6 Å². The van der Waals surface area contributed by atoms with Gasteiger partial charge in [0.05, 0.1) is 0 Å². The molecule has 308 valence electrons. The summed E-state index contributed by atoms with van der Waals surface area (Å²) in [5, 5.41) is 0. The first-order valence-electron chi connectivity index (χ1n) is 23.0. The lowest BCUT2D eigenvalue weighted by Crippen LogP contribution is -2.30. The normalized spacial score (nSPS) is 11.8.